The van der Waals surface area contributed by atoms with Crippen LogP contribution in [0.2, 0.25) is 0 Å². The van der Waals surface area contributed by atoms with Gasteiger partial charge in [0.25, 0.3) is 5.97 Å². The van der Waals surface area contributed by atoms with Crippen molar-refractivity contribution in [3.05, 3.63) is 6.10 Å². The second-order valence-electron chi connectivity index (χ2n) is 6.48. The standard InChI is InChI=1S/C14H23O4.2CH4.Re/c1-8-12(2,3)11(16)17-9-10(15)18-14(6,7)13(9,4)5;;;/h8H2,1-7H3;2*1H4;/q-1;;;. The average molecular weight is 474 g/mol. The summed E-state index contributed by atoms with van der Waals surface area (Å²) in [6, 6.07) is 0. The van der Waals surface area contributed by atoms with E-state index in [0.29, 0.717) is 6.42 Å². The van der Waals surface area contributed by atoms with Crippen LogP contribution >= 0.6 is 0 Å². The van der Waals surface area contributed by atoms with Gasteiger partial charge < -0.3 is 9.47 Å². The SMILES string of the molecule is C.C.CCC(C)(C)C(=O)O[C-]1C(=O)OC(C)(C)C1(C)C.[Re]. The van der Waals surface area contributed by atoms with E-state index < -0.39 is 22.4 Å². The van der Waals surface area contributed by atoms with Gasteiger partial charge in [-0.25, -0.2) is 0 Å². The van der Waals surface area contributed by atoms with E-state index in [-0.39, 0.29) is 47.3 Å². The van der Waals surface area contributed by atoms with Crippen molar-refractivity contribution in [3.8, 4) is 0 Å². The molecule has 1 aliphatic heterocycles. The van der Waals surface area contributed by atoms with Gasteiger partial charge in [-0.1, -0.05) is 47.1 Å². The summed E-state index contributed by atoms with van der Waals surface area (Å²) in [5, 5.41) is 0. The minimum Gasteiger partial charge on any atom is -0.603 e. The van der Waals surface area contributed by atoms with Crippen molar-refractivity contribution in [2.75, 3.05) is 0 Å². The summed E-state index contributed by atoms with van der Waals surface area (Å²) < 4.78 is 10.6. The molecular formula is C16H31O4Re-. The van der Waals surface area contributed by atoms with Crippen molar-refractivity contribution in [1.29, 1.82) is 0 Å². The minimum absolute atomic E-state index is 0. The summed E-state index contributed by atoms with van der Waals surface area (Å²) in [5.74, 6) is -0.923. The van der Waals surface area contributed by atoms with E-state index in [1.54, 1.807) is 13.8 Å². The molecule has 1 aliphatic rings. The number of carbonyl (C=O) groups excluding carboxylic acids is 2. The number of rotatable bonds is 3. The van der Waals surface area contributed by atoms with Crippen LogP contribution in [0.3, 0.4) is 0 Å². The fraction of sp³-hybridized carbons (Fsp3) is 0.812. The number of cyclic esters (lactones) is 1. The van der Waals surface area contributed by atoms with Crippen molar-refractivity contribution in [1.82, 2.24) is 0 Å². The summed E-state index contributed by atoms with van der Waals surface area (Å²) >= 11 is 0. The largest absolute Gasteiger partial charge is 0.603 e. The summed E-state index contributed by atoms with van der Waals surface area (Å²) in [5.41, 5.74) is -1.89. The molecule has 1 rings (SSSR count). The smallest absolute Gasteiger partial charge is 0.284 e. The first kappa shape index (κ1) is 25.4. The van der Waals surface area contributed by atoms with E-state index in [2.05, 4.69) is 0 Å². The zero-order chi connectivity index (χ0) is 14.4. The Morgan fingerprint density at radius 1 is 1.24 bits per heavy atom. The molecule has 0 aromatic carbocycles. The van der Waals surface area contributed by atoms with Gasteiger partial charge in [0.2, 0.25) is 5.97 Å². The third-order valence-electron chi connectivity index (χ3n) is 4.24. The third kappa shape index (κ3) is 4.47. The summed E-state index contributed by atoms with van der Waals surface area (Å²) in [7, 11) is 0. The van der Waals surface area contributed by atoms with Gasteiger partial charge in [-0.3, -0.25) is 9.59 Å². The van der Waals surface area contributed by atoms with Gasteiger partial charge in [0.05, 0.1) is 11.0 Å². The first-order valence-corrected chi connectivity index (χ1v) is 6.29. The summed E-state index contributed by atoms with van der Waals surface area (Å²) in [4.78, 5) is 23.9. The van der Waals surface area contributed by atoms with Crippen molar-refractivity contribution in [3.63, 3.8) is 0 Å². The number of hydrogen-bond donors (Lipinski definition) is 0. The molecule has 0 spiro atoms. The maximum atomic E-state index is 12.0. The molecule has 0 unspecified atom stereocenters. The molecular weight excluding hydrogens is 442 g/mol. The molecule has 0 aliphatic carbocycles. The molecule has 0 N–H and O–H groups in total. The summed E-state index contributed by atoms with van der Waals surface area (Å²) in [6.07, 6.45) is 0.761. The van der Waals surface area contributed by atoms with Crippen LogP contribution in [-0.2, 0) is 39.5 Å². The van der Waals surface area contributed by atoms with Crippen LogP contribution < -0.4 is 0 Å². The van der Waals surface area contributed by atoms with Crippen LogP contribution in [0, 0.1) is 16.9 Å². The van der Waals surface area contributed by atoms with Gasteiger partial charge in [-0.05, 0) is 34.1 Å². The van der Waals surface area contributed by atoms with E-state index in [4.69, 9.17) is 9.47 Å². The zero-order valence-corrected chi connectivity index (χ0v) is 15.4. The quantitative estimate of drug-likeness (QED) is 0.457. The number of hydrogen-bond acceptors (Lipinski definition) is 4. The molecule has 1 radical (unpaired) electrons. The number of carbonyl (C=O) groups is 2. The van der Waals surface area contributed by atoms with Crippen LogP contribution in [0.5, 0.6) is 0 Å². The summed E-state index contributed by atoms with van der Waals surface area (Å²) in [6.45, 7) is 12.8. The van der Waals surface area contributed by atoms with E-state index in [9.17, 15) is 9.59 Å². The normalized spacial score (nSPS) is 18.6. The molecule has 1 fully saturated rings. The Hall–Kier alpha value is -0.528. The number of esters is 2. The van der Waals surface area contributed by atoms with Crippen LogP contribution in [0.25, 0.3) is 0 Å². The van der Waals surface area contributed by atoms with Gasteiger partial charge >= 0.3 is 0 Å². The molecule has 0 aromatic rings. The molecule has 0 aromatic heterocycles. The predicted molar refractivity (Wildman–Crippen MR) is 80.8 cm³/mol. The van der Waals surface area contributed by atoms with Crippen LogP contribution in [0.4, 0.5) is 0 Å². The molecule has 21 heavy (non-hydrogen) atoms. The zero-order valence-electron chi connectivity index (χ0n) is 12.7. The molecule has 0 saturated carbocycles. The maximum Gasteiger partial charge on any atom is 0.284 e. The molecule has 0 atom stereocenters. The van der Waals surface area contributed by atoms with E-state index in [1.807, 2.05) is 34.6 Å². The number of ether oxygens (including phenoxy) is 2. The Balaban J connectivity index is -0.00000108. The Morgan fingerprint density at radius 3 is 1.95 bits per heavy atom. The van der Waals surface area contributed by atoms with Gasteiger partial charge in [0, 0.05) is 20.4 Å². The molecule has 127 valence electrons. The van der Waals surface area contributed by atoms with Gasteiger partial charge in [0.15, 0.2) is 0 Å². The van der Waals surface area contributed by atoms with Gasteiger partial charge in [0.1, 0.15) is 0 Å². The molecule has 5 heteroatoms. The third-order valence-corrected chi connectivity index (χ3v) is 4.24. The monoisotopic (exact) mass is 474 g/mol. The fourth-order valence-corrected chi connectivity index (χ4v) is 1.48. The first-order valence-electron chi connectivity index (χ1n) is 6.29. The van der Waals surface area contributed by atoms with Crippen molar-refractivity contribution in [2.24, 2.45) is 10.8 Å². The van der Waals surface area contributed by atoms with E-state index in [0.717, 1.165) is 0 Å². The second-order valence-corrected chi connectivity index (χ2v) is 6.48. The van der Waals surface area contributed by atoms with Crippen LogP contribution in [0.15, 0.2) is 0 Å². The molecule has 1 saturated heterocycles. The predicted octanol–water partition coefficient (Wildman–Crippen LogP) is 4.13. The Bertz CT molecular complexity index is 372. The molecule has 0 amide bonds. The molecule has 4 nitrogen and oxygen atoms in total. The van der Waals surface area contributed by atoms with E-state index >= 15 is 0 Å². The Labute approximate surface area is 144 Å². The Morgan fingerprint density at radius 2 is 1.67 bits per heavy atom. The van der Waals surface area contributed by atoms with E-state index in [1.165, 1.54) is 0 Å². The maximum absolute atomic E-state index is 12.0. The van der Waals surface area contributed by atoms with Crippen LogP contribution in [-0.4, -0.2) is 17.5 Å². The average Bonchev–Trinajstić information content (AvgIpc) is 2.37. The topological polar surface area (TPSA) is 52.6 Å². The fourth-order valence-electron chi connectivity index (χ4n) is 1.48. The van der Waals surface area contributed by atoms with Crippen molar-refractivity contribution < 1.29 is 39.5 Å². The Kier molecular flexibility index (Phi) is 9.26. The second kappa shape index (κ2) is 7.65. The van der Waals surface area contributed by atoms with Crippen molar-refractivity contribution >= 4 is 11.9 Å². The van der Waals surface area contributed by atoms with Crippen LogP contribution in [0.1, 0.15) is 69.7 Å². The molecule has 0 bridgehead atoms. The molecule has 1 heterocycles. The first-order chi connectivity index (χ1) is 7.95. The van der Waals surface area contributed by atoms with Gasteiger partial charge in [-0.2, -0.15) is 0 Å². The van der Waals surface area contributed by atoms with Crippen molar-refractivity contribution in [2.45, 2.75) is 75.3 Å². The minimum atomic E-state index is -0.671. The van der Waals surface area contributed by atoms with Gasteiger partial charge in [-0.15, -0.1) is 0 Å².